The molecule has 1 amide bonds. The van der Waals surface area contributed by atoms with Crippen LogP contribution in [-0.4, -0.2) is 27.5 Å². The van der Waals surface area contributed by atoms with Gasteiger partial charge in [0.2, 0.25) is 0 Å². The van der Waals surface area contributed by atoms with E-state index in [1.807, 2.05) is 12.1 Å². The predicted octanol–water partition coefficient (Wildman–Crippen LogP) is 3.12. The first-order valence-corrected chi connectivity index (χ1v) is 9.82. The van der Waals surface area contributed by atoms with E-state index in [2.05, 4.69) is 23.9 Å². The zero-order valence-corrected chi connectivity index (χ0v) is 16.1. The van der Waals surface area contributed by atoms with Crippen LogP contribution >= 0.6 is 0 Å². The number of sulfonamides is 1. The number of likely N-dealkylation sites (N-methyl/N-ethyl adjacent to an activating group) is 1. The quantitative estimate of drug-likeness (QED) is 0.778. The zero-order chi connectivity index (χ0) is 19.3. The predicted molar refractivity (Wildman–Crippen MR) is 102 cm³/mol. The molecule has 2 aromatic rings. The molecule has 0 spiro atoms. The molecule has 0 aliphatic heterocycles. The molecule has 0 unspecified atom stereocenters. The van der Waals surface area contributed by atoms with E-state index in [1.54, 1.807) is 19.1 Å². The molecule has 140 valence electrons. The fraction of sp³-hybridized carbons (Fsp3) is 0.316. The van der Waals surface area contributed by atoms with Gasteiger partial charge in [-0.3, -0.25) is 9.52 Å². The first-order chi connectivity index (χ1) is 12.2. The molecule has 0 aliphatic rings. The SMILES string of the molecule is CNC(=O)[C@@H](C)Oc1ccc(S(=O)(=O)Nc2ccc(C(C)C)cc2)cc1. The maximum Gasteiger partial charge on any atom is 0.261 e. The van der Waals surface area contributed by atoms with Gasteiger partial charge < -0.3 is 10.1 Å². The summed E-state index contributed by atoms with van der Waals surface area (Å²) in [7, 11) is -2.17. The Morgan fingerprint density at radius 1 is 0.962 bits per heavy atom. The second-order valence-electron chi connectivity index (χ2n) is 6.23. The van der Waals surface area contributed by atoms with Crippen LogP contribution in [0.3, 0.4) is 0 Å². The summed E-state index contributed by atoms with van der Waals surface area (Å²) in [5.74, 6) is 0.542. The van der Waals surface area contributed by atoms with Crippen LogP contribution in [0.25, 0.3) is 0 Å². The lowest BCUT2D eigenvalue weighted by Crippen LogP contribution is -2.33. The van der Waals surface area contributed by atoms with Gasteiger partial charge in [-0.05, 0) is 54.8 Å². The van der Waals surface area contributed by atoms with Gasteiger partial charge in [-0.15, -0.1) is 0 Å². The van der Waals surface area contributed by atoms with Gasteiger partial charge in [0, 0.05) is 12.7 Å². The summed E-state index contributed by atoms with van der Waals surface area (Å²) < 4.78 is 33.0. The highest BCUT2D eigenvalue weighted by atomic mass is 32.2. The second-order valence-corrected chi connectivity index (χ2v) is 7.91. The van der Waals surface area contributed by atoms with Gasteiger partial charge in [-0.25, -0.2) is 8.42 Å². The van der Waals surface area contributed by atoms with Gasteiger partial charge >= 0.3 is 0 Å². The van der Waals surface area contributed by atoms with Crippen molar-refractivity contribution in [1.29, 1.82) is 0 Å². The third-order valence-corrected chi connectivity index (χ3v) is 5.29. The van der Waals surface area contributed by atoms with Gasteiger partial charge in [0.05, 0.1) is 4.90 Å². The van der Waals surface area contributed by atoms with E-state index >= 15 is 0 Å². The molecule has 2 rings (SSSR count). The number of amides is 1. The highest BCUT2D eigenvalue weighted by molar-refractivity contribution is 7.92. The highest BCUT2D eigenvalue weighted by Crippen LogP contribution is 2.22. The average Bonchev–Trinajstić information content (AvgIpc) is 2.61. The highest BCUT2D eigenvalue weighted by Gasteiger charge is 2.16. The number of benzene rings is 2. The fourth-order valence-electron chi connectivity index (χ4n) is 2.31. The van der Waals surface area contributed by atoms with Crippen molar-refractivity contribution >= 4 is 21.6 Å². The molecular weight excluding hydrogens is 352 g/mol. The molecule has 0 aromatic heterocycles. The third-order valence-electron chi connectivity index (χ3n) is 3.89. The average molecular weight is 376 g/mol. The molecule has 0 aliphatic carbocycles. The van der Waals surface area contributed by atoms with E-state index in [9.17, 15) is 13.2 Å². The fourth-order valence-corrected chi connectivity index (χ4v) is 3.37. The lowest BCUT2D eigenvalue weighted by atomic mass is 10.0. The summed E-state index contributed by atoms with van der Waals surface area (Å²) in [6.07, 6.45) is -0.667. The number of nitrogens with one attached hydrogen (secondary N) is 2. The van der Waals surface area contributed by atoms with Crippen molar-refractivity contribution in [3.63, 3.8) is 0 Å². The topological polar surface area (TPSA) is 84.5 Å². The van der Waals surface area contributed by atoms with Crippen LogP contribution in [0.4, 0.5) is 5.69 Å². The van der Waals surface area contributed by atoms with Gasteiger partial charge in [0.1, 0.15) is 5.75 Å². The Morgan fingerprint density at radius 2 is 1.54 bits per heavy atom. The first kappa shape index (κ1) is 19.8. The number of ether oxygens (including phenoxy) is 1. The van der Waals surface area contributed by atoms with Gasteiger partial charge in [-0.2, -0.15) is 0 Å². The summed E-state index contributed by atoms with van der Waals surface area (Å²) in [6, 6.07) is 13.2. The molecular formula is C19H24N2O4S. The number of carbonyl (C=O) groups excluding carboxylic acids is 1. The normalized spacial score (nSPS) is 12.5. The Morgan fingerprint density at radius 3 is 2.04 bits per heavy atom. The van der Waals surface area contributed by atoms with Crippen molar-refractivity contribution < 1.29 is 17.9 Å². The number of rotatable bonds is 7. The van der Waals surface area contributed by atoms with Gasteiger partial charge in [-0.1, -0.05) is 26.0 Å². The van der Waals surface area contributed by atoms with E-state index in [0.29, 0.717) is 17.4 Å². The molecule has 6 nitrogen and oxygen atoms in total. The minimum absolute atomic E-state index is 0.116. The summed E-state index contributed by atoms with van der Waals surface area (Å²) in [5.41, 5.74) is 1.64. The van der Waals surface area contributed by atoms with Gasteiger partial charge in [0.15, 0.2) is 6.10 Å². The van der Waals surface area contributed by atoms with Crippen LogP contribution in [0.2, 0.25) is 0 Å². The first-order valence-electron chi connectivity index (χ1n) is 8.34. The summed E-state index contributed by atoms with van der Waals surface area (Å²) in [5, 5.41) is 2.49. The Kier molecular flexibility index (Phi) is 6.26. The molecule has 0 radical (unpaired) electrons. The Labute approximate surface area is 154 Å². The Bertz CT molecular complexity index is 844. The number of hydrogen-bond donors (Lipinski definition) is 2. The van der Waals surface area contributed by atoms with Crippen LogP contribution in [0.15, 0.2) is 53.4 Å². The van der Waals surface area contributed by atoms with Crippen LogP contribution in [0.1, 0.15) is 32.3 Å². The van der Waals surface area contributed by atoms with E-state index in [-0.39, 0.29) is 10.8 Å². The minimum atomic E-state index is -3.70. The molecule has 0 saturated heterocycles. The lowest BCUT2D eigenvalue weighted by molar-refractivity contribution is -0.126. The molecule has 0 bridgehead atoms. The summed E-state index contributed by atoms with van der Waals surface area (Å²) in [6.45, 7) is 5.77. The minimum Gasteiger partial charge on any atom is -0.481 e. The van der Waals surface area contributed by atoms with E-state index in [0.717, 1.165) is 5.56 Å². The zero-order valence-electron chi connectivity index (χ0n) is 15.3. The largest absolute Gasteiger partial charge is 0.481 e. The van der Waals surface area contributed by atoms with Crippen LogP contribution in [0.5, 0.6) is 5.75 Å². The standard InChI is InChI=1S/C19H24N2O4S/c1-13(2)15-5-7-16(8-6-15)21-26(23,24)18-11-9-17(10-12-18)25-14(3)19(22)20-4/h5-14,21H,1-4H3,(H,20,22)/t14-/m1/s1. The van der Waals surface area contributed by atoms with E-state index in [4.69, 9.17) is 4.74 Å². The van der Waals surface area contributed by atoms with Crippen LogP contribution in [0, 0.1) is 0 Å². The number of anilines is 1. The molecule has 7 heteroatoms. The molecule has 2 N–H and O–H groups in total. The van der Waals surface area contributed by atoms with Gasteiger partial charge in [0.25, 0.3) is 15.9 Å². The van der Waals surface area contributed by atoms with Crippen LogP contribution in [-0.2, 0) is 14.8 Å². The van der Waals surface area contributed by atoms with Crippen molar-refractivity contribution in [1.82, 2.24) is 5.32 Å². The summed E-state index contributed by atoms with van der Waals surface area (Å²) >= 11 is 0. The van der Waals surface area contributed by atoms with E-state index in [1.165, 1.54) is 31.3 Å². The van der Waals surface area contributed by atoms with Crippen molar-refractivity contribution in [3.05, 3.63) is 54.1 Å². The monoisotopic (exact) mass is 376 g/mol. The van der Waals surface area contributed by atoms with Crippen molar-refractivity contribution in [2.75, 3.05) is 11.8 Å². The summed E-state index contributed by atoms with van der Waals surface area (Å²) in [4.78, 5) is 11.6. The van der Waals surface area contributed by atoms with Crippen molar-refractivity contribution in [3.8, 4) is 5.75 Å². The van der Waals surface area contributed by atoms with Crippen LogP contribution < -0.4 is 14.8 Å². The molecule has 0 saturated carbocycles. The maximum absolute atomic E-state index is 12.5. The molecule has 1 atom stereocenters. The lowest BCUT2D eigenvalue weighted by Gasteiger charge is -2.14. The Hall–Kier alpha value is -2.54. The molecule has 2 aromatic carbocycles. The van der Waals surface area contributed by atoms with E-state index < -0.39 is 16.1 Å². The number of carbonyl (C=O) groups is 1. The van der Waals surface area contributed by atoms with Crippen molar-refractivity contribution in [2.45, 2.75) is 37.7 Å². The third kappa shape index (κ3) is 4.98. The number of hydrogen-bond acceptors (Lipinski definition) is 4. The Balaban J connectivity index is 2.10. The van der Waals surface area contributed by atoms with Crippen molar-refractivity contribution in [2.24, 2.45) is 0 Å². The molecule has 0 fully saturated rings. The second kappa shape index (κ2) is 8.23. The molecule has 0 heterocycles. The molecule has 26 heavy (non-hydrogen) atoms. The maximum atomic E-state index is 12.5. The smallest absolute Gasteiger partial charge is 0.261 e.